The van der Waals surface area contributed by atoms with E-state index in [-0.39, 0.29) is 17.9 Å². The van der Waals surface area contributed by atoms with Crippen LogP contribution in [-0.4, -0.2) is 16.9 Å². The Morgan fingerprint density at radius 3 is 2.94 bits per heavy atom. The summed E-state index contributed by atoms with van der Waals surface area (Å²) in [5.74, 6) is 0.514. The monoisotopic (exact) mass is 297 g/mol. The maximum absolute atomic E-state index is 12.0. The molecule has 0 bridgehead atoms. The van der Waals surface area contributed by atoms with Crippen LogP contribution in [0.2, 0.25) is 0 Å². The zero-order valence-corrected chi connectivity index (χ0v) is 11.3. The molecule has 17 heavy (non-hydrogen) atoms. The minimum Gasteiger partial charge on any atom is -0.327 e. The Balaban J connectivity index is 2.05. The number of hydrogen-bond acceptors (Lipinski definition) is 3. The number of anilines is 1. The van der Waals surface area contributed by atoms with Gasteiger partial charge in [0.2, 0.25) is 5.91 Å². The van der Waals surface area contributed by atoms with Gasteiger partial charge in [-0.05, 0) is 47.3 Å². The zero-order chi connectivity index (χ0) is 12.4. The van der Waals surface area contributed by atoms with Crippen LogP contribution in [0.25, 0.3) is 0 Å². The normalized spacial score (nSPS) is 23.7. The molecule has 1 heterocycles. The maximum Gasteiger partial charge on any atom is 0.230 e. The number of hydrogen-bond donors (Lipinski definition) is 2. The van der Waals surface area contributed by atoms with Gasteiger partial charge in [0.1, 0.15) is 5.82 Å². The Morgan fingerprint density at radius 2 is 2.35 bits per heavy atom. The van der Waals surface area contributed by atoms with E-state index in [1.807, 2.05) is 13.0 Å². The lowest BCUT2D eigenvalue weighted by atomic mass is 10.0. The summed E-state index contributed by atoms with van der Waals surface area (Å²) in [5.41, 5.74) is 6.95. The smallest absolute Gasteiger partial charge is 0.230 e. The maximum atomic E-state index is 12.0. The molecule has 0 radical (unpaired) electrons. The van der Waals surface area contributed by atoms with Gasteiger partial charge in [-0.1, -0.05) is 6.42 Å². The van der Waals surface area contributed by atoms with Gasteiger partial charge in [0.05, 0.1) is 5.92 Å². The highest BCUT2D eigenvalue weighted by molar-refractivity contribution is 9.10. The molecule has 0 saturated heterocycles. The molecule has 2 unspecified atom stereocenters. The molecule has 2 atom stereocenters. The summed E-state index contributed by atoms with van der Waals surface area (Å²) in [6, 6.07) is 1.84. The van der Waals surface area contributed by atoms with Crippen molar-refractivity contribution in [2.24, 2.45) is 11.7 Å². The minimum atomic E-state index is -0.0687. The van der Waals surface area contributed by atoms with Crippen molar-refractivity contribution >= 4 is 27.7 Å². The summed E-state index contributed by atoms with van der Waals surface area (Å²) in [6.45, 7) is 1.96. The highest BCUT2D eigenvalue weighted by Crippen LogP contribution is 2.25. The number of nitrogens with two attached hydrogens (primary N) is 1. The topological polar surface area (TPSA) is 68.0 Å². The molecule has 1 aliphatic rings. The van der Waals surface area contributed by atoms with Gasteiger partial charge >= 0.3 is 0 Å². The zero-order valence-electron chi connectivity index (χ0n) is 9.74. The van der Waals surface area contributed by atoms with Gasteiger partial charge in [0.25, 0.3) is 0 Å². The fourth-order valence-electron chi connectivity index (χ4n) is 2.14. The average Bonchev–Trinajstić information content (AvgIpc) is 2.70. The first-order valence-electron chi connectivity index (χ1n) is 5.76. The summed E-state index contributed by atoms with van der Waals surface area (Å²) >= 11 is 3.38. The van der Waals surface area contributed by atoms with Gasteiger partial charge in [-0.2, -0.15) is 0 Å². The third-order valence-corrected chi connectivity index (χ3v) is 4.03. The van der Waals surface area contributed by atoms with Gasteiger partial charge in [0, 0.05) is 16.7 Å². The Hall–Kier alpha value is -0.940. The molecule has 0 aromatic carbocycles. The second-order valence-electron chi connectivity index (χ2n) is 4.51. The first-order valence-corrected chi connectivity index (χ1v) is 6.56. The first kappa shape index (κ1) is 12.5. The van der Waals surface area contributed by atoms with Gasteiger partial charge < -0.3 is 11.1 Å². The van der Waals surface area contributed by atoms with E-state index in [9.17, 15) is 4.79 Å². The quantitative estimate of drug-likeness (QED) is 0.879. The standard InChI is InChI=1S/C12H16BrN3O/c1-7-5-11(15-6-9(7)13)16-12(17)8-3-2-4-10(8)14/h5-6,8,10H,2-4,14H2,1H3,(H,15,16,17). The Labute approximate surface area is 109 Å². The van der Waals surface area contributed by atoms with Crippen molar-refractivity contribution in [1.82, 2.24) is 4.98 Å². The van der Waals surface area contributed by atoms with Crippen LogP contribution in [0.1, 0.15) is 24.8 Å². The molecule has 92 valence electrons. The van der Waals surface area contributed by atoms with E-state index in [1.54, 1.807) is 6.20 Å². The number of pyridine rings is 1. The number of aromatic nitrogens is 1. The van der Waals surface area contributed by atoms with Crippen molar-refractivity contribution in [3.63, 3.8) is 0 Å². The Morgan fingerprint density at radius 1 is 1.59 bits per heavy atom. The summed E-state index contributed by atoms with van der Waals surface area (Å²) in [4.78, 5) is 16.1. The predicted molar refractivity (Wildman–Crippen MR) is 70.6 cm³/mol. The van der Waals surface area contributed by atoms with E-state index in [2.05, 4.69) is 26.2 Å². The fraction of sp³-hybridized carbons (Fsp3) is 0.500. The molecule has 1 aromatic heterocycles. The Bertz CT molecular complexity index is 436. The molecule has 5 heteroatoms. The molecule has 0 aliphatic heterocycles. The van der Waals surface area contributed by atoms with Crippen molar-refractivity contribution in [2.45, 2.75) is 32.2 Å². The number of carbonyl (C=O) groups is 1. The molecule has 1 aliphatic carbocycles. The van der Waals surface area contributed by atoms with Gasteiger partial charge in [-0.25, -0.2) is 4.98 Å². The largest absolute Gasteiger partial charge is 0.327 e. The molecule has 3 N–H and O–H groups in total. The average molecular weight is 298 g/mol. The van der Waals surface area contributed by atoms with E-state index in [4.69, 9.17) is 5.73 Å². The first-order chi connectivity index (χ1) is 8.08. The van der Waals surface area contributed by atoms with Crippen LogP contribution in [0.15, 0.2) is 16.7 Å². The summed E-state index contributed by atoms with van der Waals surface area (Å²) in [5, 5.41) is 2.83. The van der Waals surface area contributed by atoms with E-state index in [0.717, 1.165) is 29.3 Å². The third kappa shape index (κ3) is 2.84. The summed E-state index contributed by atoms with van der Waals surface area (Å²) in [6.07, 6.45) is 4.54. The second kappa shape index (κ2) is 5.14. The van der Waals surface area contributed by atoms with Crippen LogP contribution in [0.3, 0.4) is 0 Å². The van der Waals surface area contributed by atoms with Crippen LogP contribution < -0.4 is 11.1 Å². The van der Waals surface area contributed by atoms with Crippen LogP contribution in [0, 0.1) is 12.8 Å². The SMILES string of the molecule is Cc1cc(NC(=O)C2CCCC2N)ncc1Br. The van der Waals surface area contributed by atoms with E-state index >= 15 is 0 Å². The number of carbonyl (C=O) groups excluding carboxylic acids is 1. The van der Waals surface area contributed by atoms with Gasteiger partial charge in [0.15, 0.2) is 0 Å². The number of nitrogens with zero attached hydrogens (tertiary/aromatic N) is 1. The lowest BCUT2D eigenvalue weighted by molar-refractivity contribution is -0.120. The van der Waals surface area contributed by atoms with Gasteiger partial charge in [-0.3, -0.25) is 4.79 Å². The summed E-state index contributed by atoms with van der Waals surface area (Å²) < 4.78 is 0.938. The molecule has 4 nitrogen and oxygen atoms in total. The molecule has 2 rings (SSSR count). The number of rotatable bonds is 2. The Kier molecular flexibility index (Phi) is 3.79. The number of aryl methyl sites for hydroxylation is 1. The van der Waals surface area contributed by atoms with Crippen molar-refractivity contribution in [3.05, 3.63) is 22.3 Å². The third-order valence-electron chi connectivity index (χ3n) is 3.20. The number of halogens is 1. The van der Waals surface area contributed by atoms with E-state index < -0.39 is 0 Å². The summed E-state index contributed by atoms with van der Waals surface area (Å²) in [7, 11) is 0. The highest BCUT2D eigenvalue weighted by atomic mass is 79.9. The molecular weight excluding hydrogens is 282 g/mol. The second-order valence-corrected chi connectivity index (χ2v) is 5.36. The van der Waals surface area contributed by atoms with Crippen LogP contribution in [0.5, 0.6) is 0 Å². The highest BCUT2D eigenvalue weighted by Gasteiger charge is 2.30. The predicted octanol–water partition coefficient (Wildman–Crippen LogP) is 2.22. The molecule has 1 saturated carbocycles. The fourth-order valence-corrected chi connectivity index (χ4v) is 2.36. The molecule has 1 aromatic rings. The van der Waals surface area contributed by atoms with E-state index in [1.165, 1.54) is 0 Å². The molecule has 1 amide bonds. The van der Waals surface area contributed by atoms with Crippen molar-refractivity contribution < 1.29 is 4.79 Å². The van der Waals surface area contributed by atoms with Crippen molar-refractivity contribution in [1.29, 1.82) is 0 Å². The lowest BCUT2D eigenvalue weighted by Gasteiger charge is -2.14. The van der Waals surface area contributed by atoms with E-state index in [0.29, 0.717) is 5.82 Å². The molecular formula is C12H16BrN3O. The number of amides is 1. The molecule has 1 fully saturated rings. The lowest BCUT2D eigenvalue weighted by Crippen LogP contribution is -2.34. The minimum absolute atomic E-state index is 0.00783. The molecule has 0 spiro atoms. The number of nitrogens with one attached hydrogen (secondary N) is 1. The van der Waals surface area contributed by atoms with Gasteiger partial charge in [-0.15, -0.1) is 0 Å². The van der Waals surface area contributed by atoms with Crippen LogP contribution >= 0.6 is 15.9 Å². The van der Waals surface area contributed by atoms with Crippen LogP contribution in [0.4, 0.5) is 5.82 Å². The van der Waals surface area contributed by atoms with Crippen LogP contribution in [-0.2, 0) is 4.79 Å². The van der Waals surface area contributed by atoms with Crippen molar-refractivity contribution in [2.75, 3.05) is 5.32 Å². The van der Waals surface area contributed by atoms with Crippen molar-refractivity contribution in [3.8, 4) is 0 Å².